The average molecular weight is 313 g/mol. The van der Waals surface area contributed by atoms with Crippen LogP contribution in [0.1, 0.15) is 37.9 Å². The average Bonchev–Trinajstić information content (AvgIpc) is 3.34. The van der Waals surface area contributed by atoms with Crippen LogP contribution in [0.4, 0.5) is 0 Å². The van der Waals surface area contributed by atoms with Crippen LogP contribution in [0.2, 0.25) is 0 Å². The van der Waals surface area contributed by atoms with Gasteiger partial charge in [-0.05, 0) is 62.3 Å². The van der Waals surface area contributed by atoms with Crippen molar-refractivity contribution in [1.82, 2.24) is 14.4 Å². The van der Waals surface area contributed by atoms with Gasteiger partial charge in [0.1, 0.15) is 11.5 Å². The van der Waals surface area contributed by atoms with Crippen molar-refractivity contribution in [2.75, 3.05) is 0 Å². The Morgan fingerprint density at radius 2 is 1.62 bits per heavy atom. The monoisotopic (exact) mass is 313 g/mol. The standard InChI is InChI=1S/C21H19N3/c1-2-6-16-15(5-1)19-22-17-7-3-4-8-18(17)24(19)20(23-16)21-11-9-14(13-21)10-12-21/h1-8,14H,9-13H2. The topological polar surface area (TPSA) is 30.2 Å². The van der Waals surface area contributed by atoms with Crippen molar-refractivity contribution in [3.8, 4) is 0 Å². The van der Waals surface area contributed by atoms with E-state index >= 15 is 0 Å². The van der Waals surface area contributed by atoms with Gasteiger partial charge in [0.25, 0.3) is 0 Å². The maximum atomic E-state index is 5.20. The number of hydrogen-bond donors (Lipinski definition) is 0. The molecule has 2 bridgehead atoms. The number of para-hydroxylation sites is 3. The number of imidazole rings is 1. The van der Waals surface area contributed by atoms with E-state index in [1.54, 1.807) is 0 Å². The third-order valence-corrected chi connectivity index (χ3v) is 6.36. The zero-order chi connectivity index (χ0) is 15.7. The van der Waals surface area contributed by atoms with Gasteiger partial charge in [-0.3, -0.25) is 4.40 Å². The maximum absolute atomic E-state index is 5.20. The second-order valence-corrected chi connectivity index (χ2v) is 7.64. The fourth-order valence-electron chi connectivity index (χ4n) is 5.21. The van der Waals surface area contributed by atoms with E-state index in [4.69, 9.17) is 9.97 Å². The van der Waals surface area contributed by atoms with Crippen molar-refractivity contribution >= 4 is 27.6 Å². The van der Waals surface area contributed by atoms with E-state index in [-0.39, 0.29) is 5.41 Å². The van der Waals surface area contributed by atoms with Gasteiger partial charge >= 0.3 is 0 Å². The Bertz CT molecular complexity index is 1100. The Balaban J connectivity index is 1.83. The van der Waals surface area contributed by atoms with Crippen molar-refractivity contribution in [2.45, 2.75) is 37.5 Å². The second kappa shape index (κ2) is 4.35. The first-order valence-corrected chi connectivity index (χ1v) is 9.01. The molecule has 118 valence electrons. The van der Waals surface area contributed by atoms with E-state index < -0.39 is 0 Å². The van der Waals surface area contributed by atoms with Crippen LogP contribution in [0.25, 0.3) is 27.6 Å². The van der Waals surface area contributed by atoms with Crippen LogP contribution in [0, 0.1) is 5.92 Å². The number of fused-ring (bicyclic) bond motifs is 7. The predicted octanol–water partition coefficient (Wildman–Crippen LogP) is 4.87. The highest BCUT2D eigenvalue weighted by Crippen LogP contribution is 2.55. The molecule has 4 aromatic rings. The summed E-state index contributed by atoms with van der Waals surface area (Å²) in [5.41, 5.74) is 4.68. The highest BCUT2D eigenvalue weighted by molar-refractivity contribution is 5.96. The molecule has 3 nitrogen and oxygen atoms in total. The molecule has 0 radical (unpaired) electrons. The first kappa shape index (κ1) is 12.9. The number of aromatic nitrogens is 3. The van der Waals surface area contributed by atoms with E-state index in [2.05, 4.69) is 52.9 Å². The summed E-state index contributed by atoms with van der Waals surface area (Å²) in [6.45, 7) is 0. The summed E-state index contributed by atoms with van der Waals surface area (Å²) in [6.07, 6.45) is 6.60. The molecule has 3 heteroatoms. The molecular formula is C21H19N3. The zero-order valence-electron chi connectivity index (χ0n) is 13.6. The molecule has 24 heavy (non-hydrogen) atoms. The van der Waals surface area contributed by atoms with Gasteiger partial charge in [-0.25, -0.2) is 9.97 Å². The number of rotatable bonds is 1. The van der Waals surface area contributed by atoms with Crippen LogP contribution < -0.4 is 0 Å². The van der Waals surface area contributed by atoms with Crippen LogP contribution in [0.15, 0.2) is 48.5 Å². The van der Waals surface area contributed by atoms with E-state index in [1.807, 2.05) is 0 Å². The summed E-state index contributed by atoms with van der Waals surface area (Å²) in [5, 5.41) is 1.15. The smallest absolute Gasteiger partial charge is 0.148 e. The number of hydrogen-bond acceptors (Lipinski definition) is 2. The first-order valence-electron chi connectivity index (χ1n) is 9.01. The van der Waals surface area contributed by atoms with Crippen LogP contribution in [-0.4, -0.2) is 14.4 Å². The van der Waals surface area contributed by atoms with Gasteiger partial charge in [-0.1, -0.05) is 24.3 Å². The van der Waals surface area contributed by atoms with E-state index in [9.17, 15) is 0 Å². The lowest BCUT2D eigenvalue weighted by molar-refractivity contribution is 0.396. The molecular weight excluding hydrogens is 294 g/mol. The second-order valence-electron chi connectivity index (χ2n) is 7.64. The summed E-state index contributed by atoms with van der Waals surface area (Å²) in [6, 6.07) is 16.9. The molecule has 2 aromatic heterocycles. The van der Waals surface area contributed by atoms with Crippen LogP contribution in [0.5, 0.6) is 0 Å². The molecule has 2 saturated carbocycles. The normalized spacial score (nSPS) is 26.1. The molecule has 0 atom stereocenters. The molecule has 0 amide bonds. The van der Waals surface area contributed by atoms with Crippen molar-refractivity contribution in [3.05, 3.63) is 54.4 Å². The molecule has 0 spiro atoms. The highest BCUT2D eigenvalue weighted by atomic mass is 15.1. The fraction of sp³-hybridized carbons (Fsp3) is 0.333. The minimum Gasteiger partial charge on any atom is -0.279 e. The van der Waals surface area contributed by atoms with Crippen LogP contribution in [0.3, 0.4) is 0 Å². The lowest BCUT2D eigenvalue weighted by atomic mass is 9.83. The SMILES string of the molecule is c1ccc2c(c1)nc(C13CCC(CC1)C3)n1c3ccccc3nc21. The van der Waals surface area contributed by atoms with Gasteiger partial charge in [0.2, 0.25) is 0 Å². The Morgan fingerprint density at radius 3 is 2.42 bits per heavy atom. The van der Waals surface area contributed by atoms with E-state index in [0.717, 1.165) is 28.0 Å². The minimum atomic E-state index is 0.260. The Hall–Kier alpha value is -2.42. The molecule has 2 heterocycles. The van der Waals surface area contributed by atoms with Gasteiger partial charge in [0, 0.05) is 10.8 Å². The summed E-state index contributed by atoms with van der Waals surface area (Å²) in [5.74, 6) is 2.16. The van der Waals surface area contributed by atoms with Crippen molar-refractivity contribution in [1.29, 1.82) is 0 Å². The van der Waals surface area contributed by atoms with Crippen molar-refractivity contribution < 1.29 is 0 Å². The molecule has 0 unspecified atom stereocenters. The largest absolute Gasteiger partial charge is 0.279 e. The molecule has 2 aliphatic rings. The van der Waals surface area contributed by atoms with Crippen molar-refractivity contribution in [3.63, 3.8) is 0 Å². The van der Waals surface area contributed by atoms with E-state index in [0.29, 0.717) is 0 Å². The van der Waals surface area contributed by atoms with E-state index in [1.165, 1.54) is 43.4 Å². The summed E-state index contributed by atoms with van der Waals surface area (Å²) >= 11 is 0. The van der Waals surface area contributed by atoms with Gasteiger partial charge in [-0.2, -0.15) is 0 Å². The molecule has 0 saturated heterocycles. The van der Waals surface area contributed by atoms with Crippen LogP contribution >= 0.6 is 0 Å². The molecule has 0 N–H and O–H groups in total. The molecule has 2 aromatic carbocycles. The predicted molar refractivity (Wildman–Crippen MR) is 96.3 cm³/mol. The van der Waals surface area contributed by atoms with Gasteiger partial charge in [-0.15, -0.1) is 0 Å². The molecule has 6 rings (SSSR count). The zero-order valence-corrected chi connectivity index (χ0v) is 13.6. The minimum absolute atomic E-state index is 0.260. The number of nitrogens with zero attached hydrogens (tertiary/aromatic N) is 3. The summed E-state index contributed by atoms with van der Waals surface area (Å²) < 4.78 is 2.37. The third kappa shape index (κ3) is 1.52. The highest BCUT2D eigenvalue weighted by Gasteiger charge is 2.48. The maximum Gasteiger partial charge on any atom is 0.148 e. The lowest BCUT2D eigenvalue weighted by Gasteiger charge is -2.27. The first-order chi connectivity index (χ1) is 11.8. The molecule has 0 aliphatic heterocycles. The van der Waals surface area contributed by atoms with Gasteiger partial charge < -0.3 is 0 Å². The molecule has 2 fully saturated rings. The summed E-state index contributed by atoms with van der Waals surface area (Å²) in [4.78, 5) is 10.2. The summed E-state index contributed by atoms with van der Waals surface area (Å²) in [7, 11) is 0. The van der Waals surface area contributed by atoms with Gasteiger partial charge in [0.05, 0.1) is 16.6 Å². The molecule has 2 aliphatic carbocycles. The Labute approximate surface area is 140 Å². The van der Waals surface area contributed by atoms with Crippen molar-refractivity contribution in [2.24, 2.45) is 5.92 Å². The quantitative estimate of drug-likeness (QED) is 0.502. The fourth-order valence-corrected chi connectivity index (χ4v) is 5.21. The Kier molecular flexibility index (Phi) is 2.35. The Morgan fingerprint density at radius 1 is 0.875 bits per heavy atom. The number of benzene rings is 2. The lowest BCUT2D eigenvalue weighted by Crippen LogP contribution is -2.25. The van der Waals surface area contributed by atoms with Gasteiger partial charge in [0.15, 0.2) is 0 Å². The third-order valence-electron chi connectivity index (χ3n) is 6.36. The van der Waals surface area contributed by atoms with Crippen LogP contribution in [-0.2, 0) is 5.41 Å².